The zero-order valence-electron chi connectivity index (χ0n) is 16.3. The van der Waals surface area contributed by atoms with Gasteiger partial charge in [-0.2, -0.15) is 5.10 Å². The van der Waals surface area contributed by atoms with Crippen LogP contribution in [-0.2, 0) is 9.59 Å². The summed E-state index contributed by atoms with van der Waals surface area (Å²) in [4.78, 5) is 24.5. The Morgan fingerprint density at radius 3 is 2.66 bits per heavy atom. The number of carbonyl (C=O) groups is 2. The third kappa shape index (κ3) is 5.29. The average molecular weight is 412 g/mol. The second-order valence-corrected chi connectivity index (χ2v) is 7.88. The lowest BCUT2D eigenvalue weighted by Gasteiger charge is -2.11. The van der Waals surface area contributed by atoms with Crippen LogP contribution in [0.3, 0.4) is 0 Å². The first-order valence-electron chi connectivity index (χ1n) is 9.05. The topological polar surface area (TPSA) is 82.9 Å². The SMILES string of the molecule is C/C(=N/N=C1\NC(=O)[C@H](CC(=O)Nc2cccc(C)c2C)S1)c1ccc(F)cc1. The van der Waals surface area contributed by atoms with E-state index in [9.17, 15) is 14.0 Å². The predicted molar refractivity (Wildman–Crippen MR) is 115 cm³/mol. The third-order valence-corrected chi connectivity index (χ3v) is 5.65. The second kappa shape index (κ2) is 9.00. The summed E-state index contributed by atoms with van der Waals surface area (Å²) < 4.78 is 13.0. The Morgan fingerprint density at radius 1 is 1.21 bits per heavy atom. The smallest absolute Gasteiger partial charge is 0.240 e. The lowest BCUT2D eigenvalue weighted by atomic mass is 10.1. The number of anilines is 1. The number of rotatable bonds is 5. The number of hydrogen-bond donors (Lipinski definition) is 2. The lowest BCUT2D eigenvalue weighted by molar-refractivity contribution is -0.122. The predicted octanol–water partition coefficient (Wildman–Crippen LogP) is 3.78. The first-order valence-corrected chi connectivity index (χ1v) is 9.93. The Labute approximate surface area is 172 Å². The summed E-state index contributed by atoms with van der Waals surface area (Å²) >= 11 is 1.17. The maximum absolute atomic E-state index is 13.0. The highest BCUT2D eigenvalue weighted by Crippen LogP contribution is 2.24. The molecule has 0 saturated carbocycles. The minimum Gasteiger partial charge on any atom is -0.326 e. The molecule has 3 rings (SSSR count). The molecule has 8 heteroatoms. The van der Waals surface area contributed by atoms with E-state index in [2.05, 4.69) is 20.8 Å². The van der Waals surface area contributed by atoms with Crippen LogP contribution in [0.5, 0.6) is 0 Å². The fourth-order valence-electron chi connectivity index (χ4n) is 2.71. The van der Waals surface area contributed by atoms with Gasteiger partial charge in [-0.3, -0.25) is 9.59 Å². The Kier molecular flexibility index (Phi) is 6.43. The van der Waals surface area contributed by atoms with Crippen molar-refractivity contribution < 1.29 is 14.0 Å². The molecule has 0 unspecified atom stereocenters. The van der Waals surface area contributed by atoms with Crippen molar-refractivity contribution in [3.8, 4) is 0 Å². The molecule has 0 radical (unpaired) electrons. The molecule has 2 N–H and O–H groups in total. The molecule has 150 valence electrons. The molecule has 1 heterocycles. The number of aryl methyl sites for hydroxylation is 1. The van der Waals surface area contributed by atoms with E-state index in [0.717, 1.165) is 22.4 Å². The quantitative estimate of drug-likeness (QED) is 0.579. The minimum atomic E-state index is -0.569. The van der Waals surface area contributed by atoms with E-state index in [0.29, 0.717) is 10.9 Å². The molecule has 6 nitrogen and oxygen atoms in total. The Morgan fingerprint density at radius 2 is 1.93 bits per heavy atom. The van der Waals surface area contributed by atoms with Gasteiger partial charge in [0.25, 0.3) is 0 Å². The van der Waals surface area contributed by atoms with Crippen molar-refractivity contribution in [1.82, 2.24) is 5.32 Å². The molecule has 1 fully saturated rings. The monoisotopic (exact) mass is 412 g/mol. The zero-order chi connectivity index (χ0) is 21.0. The first kappa shape index (κ1) is 20.7. The van der Waals surface area contributed by atoms with Crippen LogP contribution in [0, 0.1) is 19.7 Å². The molecule has 1 aliphatic heterocycles. The van der Waals surface area contributed by atoms with Crippen molar-refractivity contribution in [2.75, 3.05) is 5.32 Å². The molecule has 2 amide bonds. The zero-order valence-corrected chi connectivity index (χ0v) is 17.1. The van der Waals surface area contributed by atoms with Gasteiger partial charge in [0, 0.05) is 12.1 Å². The minimum absolute atomic E-state index is 0.0313. The highest BCUT2D eigenvalue weighted by molar-refractivity contribution is 8.15. The number of amides is 2. The van der Waals surface area contributed by atoms with Gasteiger partial charge < -0.3 is 10.6 Å². The third-order valence-electron chi connectivity index (χ3n) is 4.58. The van der Waals surface area contributed by atoms with E-state index in [1.807, 2.05) is 32.0 Å². The molecule has 0 aromatic heterocycles. The number of nitrogens with one attached hydrogen (secondary N) is 2. The van der Waals surface area contributed by atoms with E-state index in [1.54, 1.807) is 19.1 Å². The first-order chi connectivity index (χ1) is 13.8. The summed E-state index contributed by atoms with van der Waals surface area (Å²) in [7, 11) is 0. The maximum Gasteiger partial charge on any atom is 0.240 e. The van der Waals surface area contributed by atoms with Crippen LogP contribution in [0.2, 0.25) is 0 Å². The number of hydrogen-bond acceptors (Lipinski definition) is 5. The van der Waals surface area contributed by atoms with Crippen LogP contribution in [0.1, 0.15) is 30.0 Å². The fourth-order valence-corrected chi connectivity index (χ4v) is 3.63. The molecule has 2 aromatic carbocycles. The molecule has 1 aliphatic rings. The van der Waals surface area contributed by atoms with E-state index < -0.39 is 5.25 Å². The van der Waals surface area contributed by atoms with Crippen molar-refractivity contribution in [3.63, 3.8) is 0 Å². The summed E-state index contributed by atoms with van der Waals surface area (Å²) in [6.07, 6.45) is 0.0313. The Bertz CT molecular complexity index is 1000. The highest BCUT2D eigenvalue weighted by Gasteiger charge is 2.32. The molecular weight excluding hydrogens is 391 g/mol. The molecule has 1 saturated heterocycles. The van der Waals surface area contributed by atoms with Gasteiger partial charge in [0.05, 0.1) is 5.71 Å². The van der Waals surface area contributed by atoms with E-state index in [-0.39, 0.29) is 24.1 Å². The van der Waals surface area contributed by atoms with Gasteiger partial charge in [-0.05, 0) is 55.7 Å². The summed E-state index contributed by atoms with van der Waals surface area (Å²) in [6, 6.07) is 11.6. The van der Waals surface area contributed by atoms with Gasteiger partial charge in [-0.1, -0.05) is 36.0 Å². The Balaban J connectivity index is 1.61. The van der Waals surface area contributed by atoms with Crippen LogP contribution in [0.25, 0.3) is 0 Å². The molecule has 0 bridgehead atoms. The van der Waals surface area contributed by atoms with Crippen molar-refractivity contribution in [2.24, 2.45) is 10.2 Å². The van der Waals surface area contributed by atoms with Gasteiger partial charge in [-0.25, -0.2) is 4.39 Å². The lowest BCUT2D eigenvalue weighted by Crippen LogP contribution is -2.28. The van der Waals surface area contributed by atoms with E-state index in [1.165, 1.54) is 23.9 Å². The summed E-state index contributed by atoms with van der Waals surface area (Å²) in [5, 5.41) is 13.4. The van der Waals surface area contributed by atoms with E-state index >= 15 is 0 Å². The molecule has 0 aliphatic carbocycles. The number of nitrogens with zero attached hydrogens (tertiary/aromatic N) is 2. The van der Waals surface area contributed by atoms with Gasteiger partial charge in [0.15, 0.2) is 5.17 Å². The maximum atomic E-state index is 13.0. The molecule has 2 aromatic rings. The molecule has 29 heavy (non-hydrogen) atoms. The van der Waals surface area contributed by atoms with Crippen LogP contribution in [0.4, 0.5) is 10.1 Å². The highest BCUT2D eigenvalue weighted by atomic mass is 32.2. The standard InChI is InChI=1S/C21H21FN4O2S/c1-12-5-4-6-17(13(12)2)23-19(27)11-18-20(28)24-21(29-18)26-25-14(3)15-7-9-16(22)10-8-15/h4-10,18H,11H2,1-3H3,(H,23,27)(H,24,26,28)/b25-14-/t18-/m0/s1. The van der Waals surface area contributed by atoms with Crippen LogP contribution in [-0.4, -0.2) is 27.9 Å². The van der Waals surface area contributed by atoms with Crippen LogP contribution >= 0.6 is 11.8 Å². The van der Waals surface area contributed by atoms with Crippen molar-refractivity contribution in [3.05, 3.63) is 65.0 Å². The number of amidine groups is 1. The van der Waals surface area contributed by atoms with Crippen LogP contribution < -0.4 is 10.6 Å². The van der Waals surface area contributed by atoms with Crippen molar-refractivity contribution in [1.29, 1.82) is 0 Å². The van der Waals surface area contributed by atoms with Crippen LogP contribution in [0.15, 0.2) is 52.7 Å². The number of carbonyl (C=O) groups excluding carboxylic acids is 2. The number of halogens is 1. The van der Waals surface area contributed by atoms with E-state index in [4.69, 9.17) is 0 Å². The summed E-state index contributed by atoms with van der Waals surface area (Å²) in [5.41, 5.74) is 4.14. The Hall–Kier alpha value is -3.00. The fraction of sp³-hybridized carbons (Fsp3) is 0.238. The normalized spacial score (nSPS) is 18.1. The molecular formula is C21H21FN4O2S. The molecule has 0 spiro atoms. The second-order valence-electron chi connectivity index (χ2n) is 6.69. The number of thioether (sulfide) groups is 1. The largest absolute Gasteiger partial charge is 0.326 e. The average Bonchev–Trinajstić information content (AvgIpc) is 3.03. The summed E-state index contributed by atoms with van der Waals surface area (Å²) in [5.74, 6) is -0.841. The molecule has 1 atom stereocenters. The van der Waals surface area contributed by atoms with Crippen molar-refractivity contribution in [2.45, 2.75) is 32.4 Å². The van der Waals surface area contributed by atoms with Gasteiger partial charge >= 0.3 is 0 Å². The van der Waals surface area contributed by atoms with Gasteiger partial charge in [0.2, 0.25) is 11.8 Å². The van der Waals surface area contributed by atoms with Gasteiger partial charge in [0.1, 0.15) is 11.1 Å². The summed E-state index contributed by atoms with van der Waals surface area (Å²) in [6.45, 7) is 5.66. The van der Waals surface area contributed by atoms with Crippen molar-refractivity contribution >= 4 is 40.1 Å². The van der Waals surface area contributed by atoms with Gasteiger partial charge in [-0.15, -0.1) is 5.10 Å². The number of benzene rings is 2.